The molecule has 1 aromatic carbocycles. The molecule has 1 aromatic rings. The zero-order chi connectivity index (χ0) is 17.5. The quantitative estimate of drug-likeness (QED) is 0.662. The maximum atomic E-state index is 12.7. The first-order valence-corrected chi connectivity index (χ1v) is 9.94. The lowest BCUT2D eigenvalue weighted by molar-refractivity contribution is -0.132. The van der Waals surface area contributed by atoms with E-state index >= 15 is 0 Å². The van der Waals surface area contributed by atoms with Crippen LogP contribution in [0.1, 0.15) is 30.4 Å². The predicted octanol–water partition coefficient (Wildman–Crippen LogP) is 4.08. The molecular weight excluding hydrogens is 388 g/mol. The van der Waals surface area contributed by atoms with E-state index in [1.165, 1.54) is 11.1 Å². The van der Waals surface area contributed by atoms with Crippen LogP contribution in [0.3, 0.4) is 0 Å². The molecule has 1 aliphatic rings. The smallest absolute Gasteiger partial charge is 0.233 e. The molecule has 0 unspecified atom stereocenters. The molecular formula is C18H23BrN2O2S. The van der Waals surface area contributed by atoms with Crippen molar-refractivity contribution >= 4 is 33.6 Å². The van der Waals surface area contributed by atoms with Crippen LogP contribution in [0, 0.1) is 25.2 Å². The van der Waals surface area contributed by atoms with Crippen LogP contribution in [0.5, 0.6) is 0 Å². The van der Waals surface area contributed by atoms with Crippen molar-refractivity contribution in [3.05, 3.63) is 27.7 Å². The Morgan fingerprint density at radius 1 is 1.38 bits per heavy atom. The molecule has 1 fully saturated rings. The summed E-state index contributed by atoms with van der Waals surface area (Å²) in [7, 11) is 0. The number of benzene rings is 1. The number of hydrogen-bond donors (Lipinski definition) is 0. The molecule has 4 nitrogen and oxygen atoms in total. The van der Waals surface area contributed by atoms with Gasteiger partial charge in [-0.3, -0.25) is 4.79 Å². The van der Waals surface area contributed by atoms with Crippen molar-refractivity contribution in [3.8, 4) is 6.07 Å². The average molecular weight is 411 g/mol. The third-order valence-electron chi connectivity index (χ3n) is 4.22. The Hall–Kier alpha value is -1.03. The highest BCUT2D eigenvalue weighted by atomic mass is 79.9. The minimum atomic E-state index is 0.113. The van der Waals surface area contributed by atoms with Crippen LogP contribution in [0.2, 0.25) is 0 Å². The Bertz CT molecular complexity index is 624. The van der Waals surface area contributed by atoms with E-state index in [0.29, 0.717) is 31.9 Å². The Balaban J connectivity index is 2.01. The van der Waals surface area contributed by atoms with E-state index in [9.17, 15) is 4.79 Å². The van der Waals surface area contributed by atoms with Crippen molar-refractivity contribution in [2.45, 2.75) is 44.0 Å². The van der Waals surface area contributed by atoms with Gasteiger partial charge in [0.1, 0.15) is 0 Å². The fourth-order valence-corrected chi connectivity index (χ4v) is 4.26. The van der Waals surface area contributed by atoms with Crippen molar-refractivity contribution in [3.63, 3.8) is 0 Å². The van der Waals surface area contributed by atoms with E-state index in [2.05, 4.69) is 48.0 Å². The highest BCUT2D eigenvalue weighted by molar-refractivity contribution is 9.10. The molecule has 2 rings (SSSR count). The van der Waals surface area contributed by atoms with Gasteiger partial charge in [0.05, 0.1) is 18.2 Å². The fraction of sp³-hybridized carbons (Fsp3) is 0.556. The summed E-state index contributed by atoms with van der Waals surface area (Å²) >= 11 is 5.11. The zero-order valence-corrected chi connectivity index (χ0v) is 16.6. The standard InChI is InChI=1S/C18H23BrN2O2S/c1-13-11-17(14(2)10-16(13)19)24-12-18(22)21(7-3-6-20)15-4-8-23-9-5-15/h10-11,15H,3-5,7-9,12H2,1-2H3. The van der Waals surface area contributed by atoms with E-state index in [1.54, 1.807) is 11.8 Å². The molecule has 0 atom stereocenters. The van der Waals surface area contributed by atoms with Crippen molar-refractivity contribution in [2.75, 3.05) is 25.5 Å². The molecule has 0 aromatic heterocycles. The first-order valence-electron chi connectivity index (χ1n) is 8.16. The van der Waals surface area contributed by atoms with Crippen molar-refractivity contribution in [1.82, 2.24) is 4.90 Å². The van der Waals surface area contributed by atoms with E-state index in [1.807, 2.05) is 4.90 Å². The van der Waals surface area contributed by atoms with Gasteiger partial charge < -0.3 is 9.64 Å². The van der Waals surface area contributed by atoms with Gasteiger partial charge in [0, 0.05) is 35.2 Å². The van der Waals surface area contributed by atoms with Gasteiger partial charge in [0.25, 0.3) is 0 Å². The van der Waals surface area contributed by atoms with Gasteiger partial charge in [-0.05, 0) is 49.9 Å². The van der Waals surface area contributed by atoms with Gasteiger partial charge in [0.15, 0.2) is 0 Å². The molecule has 1 saturated heterocycles. The molecule has 0 radical (unpaired) electrons. The lowest BCUT2D eigenvalue weighted by Gasteiger charge is -2.34. The minimum Gasteiger partial charge on any atom is -0.381 e. The van der Waals surface area contributed by atoms with Crippen LogP contribution >= 0.6 is 27.7 Å². The Labute approximate surface area is 156 Å². The van der Waals surface area contributed by atoms with Gasteiger partial charge in [-0.1, -0.05) is 15.9 Å². The summed E-state index contributed by atoms with van der Waals surface area (Å²) in [6.45, 7) is 6.01. The van der Waals surface area contributed by atoms with Crippen LogP contribution in [-0.4, -0.2) is 42.4 Å². The topological polar surface area (TPSA) is 53.3 Å². The molecule has 130 valence electrons. The van der Waals surface area contributed by atoms with Crippen LogP contribution < -0.4 is 0 Å². The van der Waals surface area contributed by atoms with Gasteiger partial charge in [-0.25, -0.2) is 0 Å². The third-order valence-corrected chi connectivity index (χ3v) is 6.22. The lowest BCUT2D eigenvalue weighted by atomic mass is 10.1. The lowest BCUT2D eigenvalue weighted by Crippen LogP contribution is -2.44. The molecule has 0 N–H and O–H groups in total. The summed E-state index contributed by atoms with van der Waals surface area (Å²) in [5.41, 5.74) is 2.33. The third kappa shape index (κ3) is 5.23. The highest BCUT2D eigenvalue weighted by Gasteiger charge is 2.25. The van der Waals surface area contributed by atoms with E-state index in [4.69, 9.17) is 10.00 Å². The van der Waals surface area contributed by atoms with Gasteiger partial charge >= 0.3 is 0 Å². The second kappa shape index (κ2) is 9.45. The van der Waals surface area contributed by atoms with E-state index < -0.39 is 0 Å². The number of carbonyl (C=O) groups is 1. The van der Waals surface area contributed by atoms with Crippen LogP contribution in [0.4, 0.5) is 0 Å². The molecule has 1 amide bonds. The number of carbonyl (C=O) groups excluding carboxylic acids is 1. The zero-order valence-electron chi connectivity index (χ0n) is 14.2. The number of rotatable bonds is 6. The number of ether oxygens (including phenoxy) is 1. The monoisotopic (exact) mass is 410 g/mol. The number of hydrogen-bond acceptors (Lipinski definition) is 4. The summed E-state index contributed by atoms with van der Waals surface area (Å²) in [5.74, 6) is 0.521. The van der Waals surface area contributed by atoms with Gasteiger partial charge in [-0.2, -0.15) is 5.26 Å². The summed E-state index contributed by atoms with van der Waals surface area (Å²) in [6, 6.07) is 6.56. The summed E-state index contributed by atoms with van der Waals surface area (Å²) in [5, 5.41) is 8.87. The SMILES string of the molecule is Cc1cc(SCC(=O)N(CCC#N)C2CCOCC2)c(C)cc1Br. The number of aryl methyl sites for hydroxylation is 2. The summed E-state index contributed by atoms with van der Waals surface area (Å²) < 4.78 is 6.48. The molecule has 6 heteroatoms. The predicted molar refractivity (Wildman–Crippen MR) is 100 cm³/mol. The second-order valence-corrected chi connectivity index (χ2v) is 7.87. The molecule has 0 spiro atoms. The first kappa shape index (κ1) is 19.3. The molecule has 1 heterocycles. The number of nitrogens with zero attached hydrogens (tertiary/aromatic N) is 2. The van der Waals surface area contributed by atoms with Crippen LogP contribution in [0.25, 0.3) is 0 Å². The Morgan fingerprint density at radius 2 is 2.08 bits per heavy atom. The summed E-state index contributed by atoms with van der Waals surface area (Å²) in [4.78, 5) is 15.8. The van der Waals surface area contributed by atoms with E-state index in [0.717, 1.165) is 22.2 Å². The van der Waals surface area contributed by atoms with Crippen molar-refractivity contribution < 1.29 is 9.53 Å². The molecule has 1 aliphatic heterocycles. The maximum Gasteiger partial charge on any atom is 0.233 e. The minimum absolute atomic E-state index is 0.113. The maximum absolute atomic E-state index is 12.7. The Kier molecular flexibility index (Phi) is 7.60. The van der Waals surface area contributed by atoms with Gasteiger partial charge in [-0.15, -0.1) is 11.8 Å². The van der Waals surface area contributed by atoms with Crippen LogP contribution in [0.15, 0.2) is 21.5 Å². The number of halogens is 1. The second-order valence-electron chi connectivity index (χ2n) is 5.99. The number of nitriles is 1. The summed E-state index contributed by atoms with van der Waals surface area (Å²) in [6.07, 6.45) is 2.10. The van der Waals surface area contributed by atoms with Crippen molar-refractivity contribution in [1.29, 1.82) is 5.26 Å². The average Bonchev–Trinajstić information content (AvgIpc) is 2.58. The number of thioether (sulfide) groups is 1. The largest absolute Gasteiger partial charge is 0.381 e. The molecule has 0 saturated carbocycles. The van der Waals surface area contributed by atoms with Gasteiger partial charge in [0.2, 0.25) is 5.91 Å². The van der Waals surface area contributed by atoms with E-state index in [-0.39, 0.29) is 11.9 Å². The Morgan fingerprint density at radius 3 is 2.75 bits per heavy atom. The highest BCUT2D eigenvalue weighted by Crippen LogP contribution is 2.29. The number of amides is 1. The van der Waals surface area contributed by atoms with Crippen molar-refractivity contribution in [2.24, 2.45) is 0 Å². The first-order chi connectivity index (χ1) is 11.5. The normalized spacial score (nSPS) is 15.1. The molecule has 0 aliphatic carbocycles. The molecule has 0 bridgehead atoms. The van der Waals surface area contributed by atoms with Crippen LogP contribution in [-0.2, 0) is 9.53 Å². The fourth-order valence-electron chi connectivity index (χ4n) is 2.81. The molecule has 24 heavy (non-hydrogen) atoms.